The van der Waals surface area contributed by atoms with E-state index >= 15 is 0 Å². The molecule has 28 heavy (non-hydrogen) atoms. The summed E-state index contributed by atoms with van der Waals surface area (Å²) in [6, 6.07) is 19.4. The van der Waals surface area contributed by atoms with Crippen LogP contribution < -0.4 is 5.32 Å². The van der Waals surface area contributed by atoms with Gasteiger partial charge in [-0.15, -0.1) is 0 Å². The standard InChI is InChI=1S/C23H23N3O2/c27-22(19-14-8-3-9-15-19)24-20(16-17-10-4-1-5-11-17)23-25-21(26-28-23)18-12-6-2-7-13-18/h1-8,10-13,19-20H,9,14-16H2,(H,24,27)/t19-,20-/m0/s1. The van der Waals surface area contributed by atoms with Gasteiger partial charge in [-0.05, 0) is 24.8 Å². The highest BCUT2D eigenvalue weighted by molar-refractivity contribution is 5.79. The molecule has 3 aromatic rings. The third-order valence-electron chi connectivity index (χ3n) is 5.01. The van der Waals surface area contributed by atoms with Gasteiger partial charge in [-0.25, -0.2) is 0 Å². The average molecular weight is 373 g/mol. The molecule has 0 saturated carbocycles. The number of nitrogens with zero attached hydrogens (tertiary/aromatic N) is 2. The second-order valence-electron chi connectivity index (χ2n) is 7.05. The topological polar surface area (TPSA) is 68.0 Å². The molecule has 0 bridgehead atoms. The van der Waals surface area contributed by atoms with Crippen molar-refractivity contribution in [1.82, 2.24) is 15.5 Å². The molecule has 142 valence electrons. The molecule has 1 heterocycles. The Bertz CT molecular complexity index is 935. The summed E-state index contributed by atoms with van der Waals surface area (Å²) < 4.78 is 5.55. The fourth-order valence-corrected chi connectivity index (χ4v) is 3.45. The Hall–Kier alpha value is -3.21. The number of carbonyl (C=O) groups is 1. The van der Waals surface area contributed by atoms with Crippen LogP contribution in [0.3, 0.4) is 0 Å². The lowest BCUT2D eigenvalue weighted by Gasteiger charge is -2.21. The van der Waals surface area contributed by atoms with Gasteiger partial charge in [0, 0.05) is 17.9 Å². The van der Waals surface area contributed by atoms with Crippen LogP contribution in [0.4, 0.5) is 0 Å². The van der Waals surface area contributed by atoms with Gasteiger partial charge in [0.1, 0.15) is 6.04 Å². The molecule has 5 heteroatoms. The molecule has 0 spiro atoms. The van der Waals surface area contributed by atoms with Crippen LogP contribution >= 0.6 is 0 Å². The van der Waals surface area contributed by atoms with Crippen LogP contribution in [0.2, 0.25) is 0 Å². The number of nitrogens with one attached hydrogen (secondary N) is 1. The van der Waals surface area contributed by atoms with Gasteiger partial charge < -0.3 is 9.84 Å². The molecule has 0 radical (unpaired) electrons. The van der Waals surface area contributed by atoms with Gasteiger partial charge in [-0.3, -0.25) is 4.79 Å². The molecule has 4 rings (SSSR count). The second-order valence-corrected chi connectivity index (χ2v) is 7.05. The smallest absolute Gasteiger partial charge is 0.249 e. The van der Waals surface area contributed by atoms with Gasteiger partial charge in [0.25, 0.3) is 0 Å². The molecule has 2 atom stereocenters. The summed E-state index contributed by atoms with van der Waals surface area (Å²) >= 11 is 0. The molecule has 5 nitrogen and oxygen atoms in total. The SMILES string of the molecule is O=C(N[C@@H](Cc1ccccc1)c1nc(-c2ccccc2)no1)[C@H]1CC=CCC1. The van der Waals surface area contributed by atoms with Crippen LogP contribution in [0.1, 0.15) is 36.8 Å². The van der Waals surface area contributed by atoms with E-state index in [1.165, 1.54) is 0 Å². The van der Waals surface area contributed by atoms with Crippen molar-refractivity contribution >= 4 is 5.91 Å². The molecular formula is C23H23N3O2. The van der Waals surface area contributed by atoms with Crippen molar-refractivity contribution in [2.75, 3.05) is 0 Å². The van der Waals surface area contributed by atoms with Crippen molar-refractivity contribution < 1.29 is 9.32 Å². The number of allylic oxidation sites excluding steroid dienone is 2. The quantitative estimate of drug-likeness (QED) is 0.646. The first kappa shape index (κ1) is 18.2. The minimum atomic E-state index is -0.356. The lowest BCUT2D eigenvalue weighted by atomic mass is 9.93. The van der Waals surface area contributed by atoms with E-state index in [4.69, 9.17) is 4.52 Å². The van der Waals surface area contributed by atoms with Crippen molar-refractivity contribution in [3.63, 3.8) is 0 Å². The minimum absolute atomic E-state index is 0.000196. The summed E-state index contributed by atoms with van der Waals surface area (Å²) in [5.74, 6) is 1.01. The minimum Gasteiger partial charge on any atom is -0.344 e. The first-order valence-corrected chi connectivity index (χ1v) is 9.68. The van der Waals surface area contributed by atoms with E-state index < -0.39 is 0 Å². The number of aromatic nitrogens is 2. The van der Waals surface area contributed by atoms with Crippen molar-refractivity contribution in [3.8, 4) is 11.4 Å². The number of rotatable bonds is 6. The molecule has 1 N–H and O–H groups in total. The van der Waals surface area contributed by atoms with Gasteiger partial charge in [0.05, 0.1) is 0 Å². The lowest BCUT2D eigenvalue weighted by Crippen LogP contribution is -2.35. The molecule has 0 saturated heterocycles. The second kappa shape index (κ2) is 8.65. The zero-order valence-electron chi connectivity index (χ0n) is 15.6. The highest BCUT2D eigenvalue weighted by Gasteiger charge is 2.26. The number of amides is 1. The Labute approximate surface area is 164 Å². The fraction of sp³-hybridized carbons (Fsp3) is 0.261. The summed E-state index contributed by atoms with van der Waals surface area (Å²) in [6.45, 7) is 0. The summed E-state index contributed by atoms with van der Waals surface area (Å²) in [5, 5.41) is 7.27. The van der Waals surface area contributed by atoms with E-state index in [1.807, 2.05) is 60.7 Å². The summed E-state index contributed by atoms with van der Waals surface area (Å²) in [7, 11) is 0. The van der Waals surface area contributed by atoms with Crippen LogP contribution in [0.15, 0.2) is 77.3 Å². The third kappa shape index (κ3) is 4.36. The maximum atomic E-state index is 12.8. The lowest BCUT2D eigenvalue weighted by molar-refractivity contribution is -0.126. The molecule has 0 aliphatic heterocycles. The predicted molar refractivity (Wildman–Crippen MR) is 107 cm³/mol. The van der Waals surface area contributed by atoms with E-state index in [2.05, 4.69) is 27.6 Å². The van der Waals surface area contributed by atoms with Crippen molar-refractivity contribution in [2.24, 2.45) is 5.92 Å². The van der Waals surface area contributed by atoms with E-state index in [9.17, 15) is 4.79 Å². The van der Waals surface area contributed by atoms with Gasteiger partial charge in [-0.1, -0.05) is 78.0 Å². The molecule has 1 aromatic heterocycles. The van der Waals surface area contributed by atoms with E-state index in [-0.39, 0.29) is 17.9 Å². The van der Waals surface area contributed by atoms with Crippen LogP contribution in [0.25, 0.3) is 11.4 Å². The Morgan fingerprint density at radius 1 is 1.07 bits per heavy atom. The Morgan fingerprint density at radius 3 is 2.54 bits per heavy atom. The number of hydrogen-bond acceptors (Lipinski definition) is 4. The average Bonchev–Trinajstić information content (AvgIpc) is 3.25. The van der Waals surface area contributed by atoms with Crippen molar-refractivity contribution in [3.05, 3.63) is 84.3 Å². The number of benzene rings is 2. The maximum absolute atomic E-state index is 12.8. The summed E-state index contributed by atoms with van der Waals surface area (Å²) in [5.41, 5.74) is 2.00. The van der Waals surface area contributed by atoms with E-state index in [1.54, 1.807) is 0 Å². The first-order chi connectivity index (χ1) is 13.8. The normalized spacial score (nSPS) is 17.2. The monoisotopic (exact) mass is 373 g/mol. The zero-order valence-corrected chi connectivity index (χ0v) is 15.6. The van der Waals surface area contributed by atoms with Gasteiger partial charge in [0.2, 0.25) is 17.6 Å². The summed E-state index contributed by atoms with van der Waals surface area (Å²) in [4.78, 5) is 17.4. The van der Waals surface area contributed by atoms with Gasteiger partial charge in [-0.2, -0.15) is 4.98 Å². The molecule has 1 aliphatic rings. The fourth-order valence-electron chi connectivity index (χ4n) is 3.45. The van der Waals surface area contributed by atoms with Crippen LogP contribution in [0.5, 0.6) is 0 Å². The molecular weight excluding hydrogens is 350 g/mol. The Balaban J connectivity index is 1.56. The molecule has 2 aromatic carbocycles. The Kier molecular flexibility index (Phi) is 5.61. The molecule has 1 amide bonds. The van der Waals surface area contributed by atoms with Gasteiger partial charge >= 0.3 is 0 Å². The zero-order chi connectivity index (χ0) is 19.2. The van der Waals surface area contributed by atoms with Crippen molar-refractivity contribution in [1.29, 1.82) is 0 Å². The highest BCUT2D eigenvalue weighted by Crippen LogP contribution is 2.24. The molecule has 0 unspecified atom stereocenters. The van der Waals surface area contributed by atoms with Gasteiger partial charge in [0.15, 0.2) is 0 Å². The maximum Gasteiger partial charge on any atom is 0.249 e. The van der Waals surface area contributed by atoms with Crippen LogP contribution in [-0.2, 0) is 11.2 Å². The van der Waals surface area contributed by atoms with Crippen LogP contribution in [-0.4, -0.2) is 16.0 Å². The van der Waals surface area contributed by atoms with E-state index in [0.29, 0.717) is 18.1 Å². The van der Waals surface area contributed by atoms with E-state index in [0.717, 1.165) is 30.4 Å². The summed E-state index contributed by atoms with van der Waals surface area (Å²) in [6.07, 6.45) is 7.42. The van der Waals surface area contributed by atoms with Crippen molar-refractivity contribution in [2.45, 2.75) is 31.7 Å². The molecule has 0 fully saturated rings. The molecule has 1 aliphatic carbocycles. The number of carbonyl (C=O) groups excluding carboxylic acids is 1. The predicted octanol–water partition coefficient (Wildman–Crippen LogP) is 4.49. The Morgan fingerprint density at radius 2 is 1.82 bits per heavy atom. The number of hydrogen-bond donors (Lipinski definition) is 1. The van der Waals surface area contributed by atoms with Crippen LogP contribution in [0, 0.1) is 5.92 Å². The third-order valence-corrected chi connectivity index (χ3v) is 5.01. The highest BCUT2D eigenvalue weighted by atomic mass is 16.5. The largest absolute Gasteiger partial charge is 0.344 e. The first-order valence-electron chi connectivity index (χ1n) is 9.68.